The number of carbonyl (C=O) groups is 2. The SMILES string of the molecule is CC1(S(=O)(=O)NC(=O)c2ccc(C(=O)O)cc2OC2CCC2)CC1. The standard InChI is InChI=1S/C16H19NO6S/c1-16(7-8-16)24(21,22)17-14(18)12-6-5-10(15(19)20)9-13(12)23-11-3-2-4-11/h5-6,9,11H,2-4,7-8H2,1H3,(H,17,18)(H,19,20). The normalized spacial score (nSPS) is 19.2. The summed E-state index contributed by atoms with van der Waals surface area (Å²) in [6.45, 7) is 1.59. The molecule has 1 aromatic rings. The molecular weight excluding hydrogens is 334 g/mol. The number of benzene rings is 1. The number of carboxylic acids is 1. The molecule has 0 aliphatic heterocycles. The van der Waals surface area contributed by atoms with Gasteiger partial charge >= 0.3 is 5.97 Å². The Kier molecular flexibility index (Phi) is 4.03. The van der Waals surface area contributed by atoms with Crippen molar-refractivity contribution >= 4 is 21.9 Å². The van der Waals surface area contributed by atoms with E-state index in [1.807, 2.05) is 0 Å². The van der Waals surface area contributed by atoms with Gasteiger partial charge in [-0.3, -0.25) is 4.79 Å². The number of ether oxygens (including phenoxy) is 1. The number of rotatable bonds is 6. The summed E-state index contributed by atoms with van der Waals surface area (Å²) in [6.07, 6.45) is 3.62. The molecule has 3 rings (SSSR count). The van der Waals surface area contributed by atoms with E-state index >= 15 is 0 Å². The molecule has 0 unspecified atom stereocenters. The third-order valence-corrected chi connectivity index (χ3v) is 6.81. The summed E-state index contributed by atoms with van der Waals surface area (Å²) in [5, 5.41) is 9.09. The summed E-state index contributed by atoms with van der Waals surface area (Å²) in [5.74, 6) is -1.83. The number of hydrogen-bond donors (Lipinski definition) is 2. The number of nitrogens with one attached hydrogen (secondary N) is 1. The Labute approximate surface area is 140 Å². The average Bonchev–Trinajstić information content (AvgIpc) is 3.22. The largest absolute Gasteiger partial charge is 0.490 e. The maximum absolute atomic E-state index is 12.4. The number of carboxylic acid groups (broad SMARTS) is 1. The van der Waals surface area contributed by atoms with Crippen LogP contribution in [0.4, 0.5) is 0 Å². The minimum Gasteiger partial charge on any atom is -0.490 e. The van der Waals surface area contributed by atoms with Gasteiger partial charge in [-0.2, -0.15) is 0 Å². The van der Waals surface area contributed by atoms with Crippen LogP contribution in [0.15, 0.2) is 18.2 Å². The Morgan fingerprint density at radius 3 is 2.46 bits per heavy atom. The lowest BCUT2D eigenvalue weighted by Crippen LogP contribution is -2.38. The molecule has 0 atom stereocenters. The van der Waals surface area contributed by atoms with Crippen molar-refractivity contribution in [2.24, 2.45) is 0 Å². The molecule has 8 heteroatoms. The summed E-state index contributed by atoms with van der Waals surface area (Å²) < 4.78 is 31.3. The Bertz CT molecular complexity index is 793. The molecule has 0 saturated heterocycles. The van der Waals surface area contributed by atoms with E-state index in [4.69, 9.17) is 9.84 Å². The van der Waals surface area contributed by atoms with Gasteiger partial charge in [0.05, 0.1) is 22.0 Å². The number of carbonyl (C=O) groups excluding carboxylic acids is 1. The molecule has 7 nitrogen and oxygen atoms in total. The third-order valence-electron chi connectivity index (χ3n) is 4.65. The van der Waals surface area contributed by atoms with Gasteiger partial charge in [0.1, 0.15) is 5.75 Å². The van der Waals surface area contributed by atoms with Crippen molar-refractivity contribution in [2.75, 3.05) is 0 Å². The minimum absolute atomic E-state index is 0.0158. The molecule has 24 heavy (non-hydrogen) atoms. The van der Waals surface area contributed by atoms with Gasteiger partial charge < -0.3 is 9.84 Å². The van der Waals surface area contributed by atoms with Crippen molar-refractivity contribution in [3.63, 3.8) is 0 Å². The second-order valence-electron chi connectivity index (χ2n) is 6.57. The van der Waals surface area contributed by atoms with Crippen LogP contribution < -0.4 is 9.46 Å². The molecule has 0 bridgehead atoms. The summed E-state index contributed by atoms with van der Waals surface area (Å²) in [4.78, 5) is 23.5. The van der Waals surface area contributed by atoms with Gasteiger partial charge in [0.2, 0.25) is 10.0 Å². The van der Waals surface area contributed by atoms with Gasteiger partial charge in [-0.1, -0.05) is 0 Å². The van der Waals surface area contributed by atoms with Crippen molar-refractivity contribution in [3.8, 4) is 5.75 Å². The first-order valence-electron chi connectivity index (χ1n) is 7.82. The third kappa shape index (κ3) is 3.10. The van der Waals surface area contributed by atoms with Crippen LogP contribution in [0.5, 0.6) is 5.75 Å². The predicted molar refractivity (Wildman–Crippen MR) is 85.7 cm³/mol. The van der Waals surface area contributed by atoms with Crippen LogP contribution in [0.1, 0.15) is 59.7 Å². The van der Waals surface area contributed by atoms with Crippen LogP contribution in [0.2, 0.25) is 0 Å². The smallest absolute Gasteiger partial charge is 0.335 e. The van der Waals surface area contributed by atoms with Crippen LogP contribution in [0, 0.1) is 0 Å². The Balaban J connectivity index is 1.87. The molecule has 0 radical (unpaired) electrons. The molecule has 130 valence electrons. The zero-order chi connectivity index (χ0) is 17.5. The second kappa shape index (κ2) is 5.77. The first kappa shape index (κ1) is 16.8. The fourth-order valence-corrected chi connectivity index (χ4v) is 3.59. The molecular formula is C16H19NO6S. The van der Waals surface area contributed by atoms with E-state index in [9.17, 15) is 18.0 Å². The maximum Gasteiger partial charge on any atom is 0.335 e. The van der Waals surface area contributed by atoms with Gasteiger partial charge in [-0.05, 0) is 57.2 Å². The second-order valence-corrected chi connectivity index (χ2v) is 8.77. The van der Waals surface area contributed by atoms with E-state index in [1.54, 1.807) is 6.92 Å². The molecule has 2 aliphatic carbocycles. The van der Waals surface area contributed by atoms with Gasteiger partial charge in [-0.15, -0.1) is 0 Å². The molecule has 0 spiro atoms. The van der Waals surface area contributed by atoms with Crippen LogP contribution >= 0.6 is 0 Å². The van der Waals surface area contributed by atoms with Crippen LogP contribution in [-0.2, 0) is 10.0 Å². The van der Waals surface area contributed by atoms with Crippen LogP contribution in [0.3, 0.4) is 0 Å². The monoisotopic (exact) mass is 353 g/mol. The predicted octanol–water partition coefficient (Wildman–Crippen LogP) is 1.93. The van der Waals surface area contributed by atoms with Crippen LogP contribution in [-0.4, -0.2) is 36.3 Å². The van der Waals surface area contributed by atoms with Crippen LogP contribution in [0.25, 0.3) is 0 Å². The van der Waals surface area contributed by atoms with Crippen molar-refractivity contribution in [2.45, 2.75) is 49.9 Å². The lowest BCUT2D eigenvalue weighted by atomic mass is 9.96. The fourth-order valence-electron chi connectivity index (χ4n) is 2.35. The van der Waals surface area contributed by atoms with Crippen molar-refractivity contribution < 1.29 is 27.9 Å². The molecule has 2 saturated carbocycles. The average molecular weight is 353 g/mol. The Morgan fingerprint density at radius 2 is 1.96 bits per heavy atom. The van der Waals surface area contributed by atoms with Gasteiger partial charge in [0, 0.05) is 0 Å². The van der Waals surface area contributed by atoms with E-state index in [1.165, 1.54) is 18.2 Å². The lowest BCUT2D eigenvalue weighted by Gasteiger charge is -2.27. The zero-order valence-corrected chi connectivity index (χ0v) is 14.1. The fraction of sp³-hybridized carbons (Fsp3) is 0.500. The summed E-state index contributed by atoms with van der Waals surface area (Å²) in [5.41, 5.74) is 0.0117. The first-order valence-corrected chi connectivity index (χ1v) is 9.31. The van der Waals surface area contributed by atoms with E-state index in [0.29, 0.717) is 12.8 Å². The van der Waals surface area contributed by atoms with E-state index in [2.05, 4.69) is 4.72 Å². The molecule has 2 aliphatic rings. The first-order chi connectivity index (χ1) is 11.2. The van der Waals surface area contributed by atoms with E-state index < -0.39 is 26.6 Å². The molecule has 2 fully saturated rings. The van der Waals surface area contributed by atoms with Crippen molar-refractivity contribution in [1.82, 2.24) is 4.72 Å². The molecule has 0 aromatic heterocycles. The molecule has 2 N–H and O–H groups in total. The zero-order valence-electron chi connectivity index (χ0n) is 13.2. The minimum atomic E-state index is -3.77. The molecule has 1 aromatic carbocycles. The number of aromatic carboxylic acids is 1. The lowest BCUT2D eigenvalue weighted by molar-refractivity contribution is 0.0693. The topological polar surface area (TPSA) is 110 Å². The Morgan fingerprint density at radius 1 is 1.29 bits per heavy atom. The van der Waals surface area contributed by atoms with Gasteiger partial charge in [-0.25, -0.2) is 17.9 Å². The summed E-state index contributed by atoms with van der Waals surface area (Å²) >= 11 is 0. The van der Waals surface area contributed by atoms with E-state index in [-0.39, 0.29) is 23.0 Å². The van der Waals surface area contributed by atoms with Crippen molar-refractivity contribution in [3.05, 3.63) is 29.3 Å². The number of amides is 1. The molecule has 1 amide bonds. The highest BCUT2D eigenvalue weighted by atomic mass is 32.2. The highest BCUT2D eigenvalue weighted by molar-refractivity contribution is 7.91. The highest BCUT2D eigenvalue weighted by Crippen LogP contribution is 2.42. The number of sulfonamides is 1. The Hall–Kier alpha value is -2.09. The van der Waals surface area contributed by atoms with Gasteiger partial charge in [0.15, 0.2) is 0 Å². The summed E-state index contributed by atoms with van der Waals surface area (Å²) in [7, 11) is -3.77. The molecule has 0 heterocycles. The maximum atomic E-state index is 12.4. The summed E-state index contributed by atoms with van der Waals surface area (Å²) in [6, 6.07) is 3.81. The number of hydrogen-bond acceptors (Lipinski definition) is 5. The quantitative estimate of drug-likeness (QED) is 0.809. The van der Waals surface area contributed by atoms with Gasteiger partial charge in [0.25, 0.3) is 5.91 Å². The van der Waals surface area contributed by atoms with E-state index in [0.717, 1.165) is 19.3 Å². The van der Waals surface area contributed by atoms with Crippen molar-refractivity contribution in [1.29, 1.82) is 0 Å². The highest BCUT2D eigenvalue weighted by Gasteiger charge is 2.51.